The van der Waals surface area contributed by atoms with Crippen molar-refractivity contribution >= 4 is 11.6 Å². The van der Waals surface area contributed by atoms with Crippen molar-refractivity contribution in [2.45, 2.75) is 26.9 Å². The number of ketones is 2. The highest BCUT2D eigenvalue weighted by molar-refractivity contribution is 5.96. The van der Waals surface area contributed by atoms with E-state index >= 15 is 0 Å². The van der Waals surface area contributed by atoms with Crippen LogP contribution in [-0.2, 0) is 13.1 Å². The maximum Gasteiger partial charge on any atom is 0.227 e. The van der Waals surface area contributed by atoms with Crippen LogP contribution in [0.2, 0.25) is 0 Å². The number of rotatable bonds is 7. The van der Waals surface area contributed by atoms with Crippen molar-refractivity contribution in [3.63, 3.8) is 0 Å². The second-order valence-electron chi connectivity index (χ2n) is 8.11. The van der Waals surface area contributed by atoms with Crippen LogP contribution in [0.4, 0.5) is 0 Å². The summed E-state index contributed by atoms with van der Waals surface area (Å²) in [6.07, 6.45) is 7.73. The van der Waals surface area contributed by atoms with Crippen molar-refractivity contribution < 1.29 is 18.7 Å². The molecule has 4 aromatic rings. The lowest BCUT2D eigenvalue weighted by Crippen LogP contribution is -2.37. The molecule has 0 fully saturated rings. The molecule has 4 heteroatoms. The summed E-state index contributed by atoms with van der Waals surface area (Å²) in [4.78, 5) is 25.2. The zero-order valence-corrected chi connectivity index (χ0v) is 18.4. The molecule has 2 aromatic carbocycles. The second-order valence-corrected chi connectivity index (χ2v) is 8.11. The molecule has 0 unspecified atom stereocenters. The van der Waals surface area contributed by atoms with Gasteiger partial charge < -0.3 is 0 Å². The number of carbonyl (C=O) groups is 2. The summed E-state index contributed by atoms with van der Waals surface area (Å²) < 4.78 is 3.80. The minimum absolute atomic E-state index is 0.0711. The van der Waals surface area contributed by atoms with Gasteiger partial charge >= 0.3 is 0 Å². The van der Waals surface area contributed by atoms with Gasteiger partial charge in [0.2, 0.25) is 24.7 Å². The van der Waals surface area contributed by atoms with Gasteiger partial charge in [-0.25, -0.2) is 0 Å². The van der Waals surface area contributed by atoms with E-state index in [1.165, 1.54) is 0 Å². The Morgan fingerprint density at radius 1 is 0.594 bits per heavy atom. The van der Waals surface area contributed by atoms with Gasteiger partial charge in [-0.05, 0) is 37.1 Å². The average Bonchev–Trinajstić information content (AvgIpc) is 2.79. The van der Waals surface area contributed by atoms with Crippen LogP contribution in [0.15, 0.2) is 97.6 Å². The van der Waals surface area contributed by atoms with Crippen molar-refractivity contribution in [1.29, 1.82) is 0 Å². The summed E-state index contributed by atoms with van der Waals surface area (Å²) >= 11 is 0. The highest BCUT2D eigenvalue weighted by Crippen LogP contribution is 2.21. The van der Waals surface area contributed by atoms with E-state index in [4.69, 9.17) is 0 Å². The van der Waals surface area contributed by atoms with E-state index in [0.29, 0.717) is 24.2 Å². The normalized spacial score (nSPS) is 10.7. The highest BCUT2D eigenvalue weighted by atomic mass is 16.1. The third-order valence-corrected chi connectivity index (χ3v) is 5.41. The lowest BCUT2D eigenvalue weighted by molar-refractivity contribution is -0.683. The molecule has 0 atom stereocenters. The van der Waals surface area contributed by atoms with Crippen LogP contribution < -0.4 is 9.13 Å². The van der Waals surface area contributed by atoms with Crippen molar-refractivity contribution in [3.8, 4) is 11.1 Å². The fourth-order valence-electron chi connectivity index (χ4n) is 3.71. The molecule has 2 aromatic heterocycles. The standard InChI is InChI=1S/C28H26N2O2/c1-21-5-3-15-29(17-21)19-27(31)25-11-7-23(8-12-25)24-9-13-26(14-10-24)28(32)20-30-16-4-6-22(2)18-30/h3-18H,19-20H2,1-2H3/q+2. The summed E-state index contributed by atoms with van der Waals surface area (Å²) in [6.45, 7) is 4.65. The maximum absolute atomic E-state index is 12.6. The van der Waals surface area contributed by atoms with Gasteiger partial charge in [-0.3, -0.25) is 9.59 Å². The molecule has 32 heavy (non-hydrogen) atoms. The van der Waals surface area contributed by atoms with Gasteiger partial charge in [-0.2, -0.15) is 9.13 Å². The third-order valence-electron chi connectivity index (χ3n) is 5.41. The first-order valence-corrected chi connectivity index (χ1v) is 10.7. The Kier molecular flexibility index (Phi) is 6.31. The number of hydrogen-bond donors (Lipinski definition) is 0. The smallest absolute Gasteiger partial charge is 0.227 e. The Bertz CT molecular complexity index is 1160. The van der Waals surface area contributed by atoms with E-state index in [9.17, 15) is 9.59 Å². The van der Waals surface area contributed by atoms with Gasteiger partial charge in [0.15, 0.2) is 24.8 Å². The molecule has 0 N–H and O–H groups in total. The fraction of sp³-hybridized carbons (Fsp3) is 0.143. The summed E-state index contributed by atoms with van der Waals surface area (Å²) in [7, 11) is 0. The predicted octanol–water partition coefficient (Wildman–Crippen LogP) is 4.31. The van der Waals surface area contributed by atoms with Crippen LogP contribution in [-0.4, -0.2) is 11.6 Å². The summed E-state index contributed by atoms with van der Waals surface area (Å²) in [5.74, 6) is 0.142. The molecule has 2 heterocycles. The minimum atomic E-state index is 0.0711. The summed E-state index contributed by atoms with van der Waals surface area (Å²) in [5, 5.41) is 0. The number of Topliss-reactive ketones (excluding diaryl/α,β-unsaturated/α-hetero) is 2. The highest BCUT2D eigenvalue weighted by Gasteiger charge is 2.14. The number of pyridine rings is 2. The fourth-order valence-corrected chi connectivity index (χ4v) is 3.71. The lowest BCUT2D eigenvalue weighted by atomic mass is 10.00. The Morgan fingerprint density at radius 3 is 1.31 bits per heavy atom. The van der Waals surface area contributed by atoms with Crippen LogP contribution in [0, 0.1) is 13.8 Å². The number of carbonyl (C=O) groups excluding carboxylic acids is 2. The minimum Gasteiger partial charge on any atom is -0.287 e. The van der Waals surface area contributed by atoms with E-state index in [1.807, 2.05) is 121 Å². The molecule has 0 spiro atoms. The summed E-state index contributed by atoms with van der Waals surface area (Å²) in [6, 6.07) is 23.2. The zero-order valence-electron chi connectivity index (χ0n) is 18.4. The molecular weight excluding hydrogens is 396 g/mol. The molecular formula is C28H26N2O2+2. The Balaban J connectivity index is 1.42. The zero-order chi connectivity index (χ0) is 22.5. The molecule has 4 nitrogen and oxygen atoms in total. The molecule has 0 aliphatic carbocycles. The summed E-state index contributed by atoms with van der Waals surface area (Å²) in [5.41, 5.74) is 5.63. The predicted molar refractivity (Wildman–Crippen MR) is 123 cm³/mol. The lowest BCUT2D eigenvalue weighted by Gasteiger charge is -2.05. The van der Waals surface area contributed by atoms with Crippen LogP contribution in [0.5, 0.6) is 0 Å². The molecule has 0 aliphatic rings. The van der Waals surface area contributed by atoms with Crippen molar-refractivity contribution in [2.75, 3.05) is 0 Å². The van der Waals surface area contributed by atoms with Gasteiger partial charge in [-0.15, -0.1) is 0 Å². The SMILES string of the molecule is Cc1ccc[n+](CC(=O)c2ccc(-c3ccc(C(=O)C[n+]4cccc(C)c4)cc3)cc2)c1. The first-order chi connectivity index (χ1) is 15.5. The quantitative estimate of drug-likeness (QED) is 0.329. The molecule has 0 radical (unpaired) electrons. The first-order valence-electron chi connectivity index (χ1n) is 10.7. The van der Waals surface area contributed by atoms with E-state index in [-0.39, 0.29) is 11.6 Å². The Morgan fingerprint density at radius 2 is 0.969 bits per heavy atom. The van der Waals surface area contributed by atoms with E-state index in [0.717, 1.165) is 22.3 Å². The number of nitrogens with zero attached hydrogens (tertiary/aromatic N) is 2. The molecule has 0 aliphatic heterocycles. The number of aromatic nitrogens is 2. The molecule has 4 rings (SSSR count). The van der Waals surface area contributed by atoms with Gasteiger partial charge in [0.25, 0.3) is 0 Å². The third kappa shape index (κ3) is 5.22. The molecule has 0 saturated carbocycles. The Hall–Kier alpha value is -3.92. The van der Waals surface area contributed by atoms with Crippen LogP contribution in [0.25, 0.3) is 11.1 Å². The molecule has 0 amide bonds. The molecule has 0 saturated heterocycles. The molecule has 0 bridgehead atoms. The first kappa shape index (κ1) is 21.3. The van der Waals surface area contributed by atoms with Gasteiger partial charge in [-0.1, -0.05) is 48.5 Å². The van der Waals surface area contributed by atoms with Gasteiger partial charge in [0, 0.05) is 34.4 Å². The van der Waals surface area contributed by atoms with Gasteiger partial charge in [0.1, 0.15) is 0 Å². The van der Waals surface area contributed by atoms with Crippen molar-refractivity contribution in [3.05, 3.63) is 120 Å². The van der Waals surface area contributed by atoms with Crippen molar-refractivity contribution in [1.82, 2.24) is 0 Å². The van der Waals surface area contributed by atoms with Crippen LogP contribution in [0.3, 0.4) is 0 Å². The second kappa shape index (κ2) is 9.48. The maximum atomic E-state index is 12.6. The van der Waals surface area contributed by atoms with E-state index < -0.39 is 0 Å². The monoisotopic (exact) mass is 422 g/mol. The molecule has 158 valence electrons. The Labute approximate surface area is 188 Å². The van der Waals surface area contributed by atoms with Gasteiger partial charge in [0.05, 0.1) is 0 Å². The van der Waals surface area contributed by atoms with Crippen LogP contribution in [0.1, 0.15) is 31.8 Å². The van der Waals surface area contributed by atoms with Crippen molar-refractivity contribution in [2.24, 2.45) is 0 Å². The topological polar surface area (TPSA) is 41.9 Å². The largest absolute Gasteiger partial charge is 0.287 e. The number of aryl methyl sites for hydroxylation is 2. The number of hydrogen-bond acceptors (Lipinski definition) is 2. The average molecular weight is 423 g/mol. The van der Waals surface area contributed by atoms with E-state index in [1.54, 1.807) is 0 Å². The van der Waals surface area contributed by atoms with Crippen LogP contribution >= 0.6 is 0 Å². The number of benzene rings is 2. The van der Waals surface area contributed by atoms with E-state index in [2.05, 4.69) is 0 Å².